The van der Waals surface area contributed by atoms with Crippen LogP contribution in [0, 0.1) is 6.92 Å². The Kier molecular flexibility index (Phi) is 3.79. The Bertz CT molecular complexity index is 381. The molecule has 1 heterocycles. The van der Waals surface area contributed by atoms with E-state index in [1.165, 1.54) is 40.6 Å². The highest BCUT2D eigenvalue weighted by Gasteiger charge is 2.00. The second kappa shape index (κ2) is 5.32. The molecule has 2 rings (SSSR count). The Morgan fingerprint density at radius 3 is 2.73 bits per heavy atom. The Morgan fingerprint density at radius 1 is 1.07 bits per heavy atom. The molecule has 1 radical (unpaired) electrons. The van der Waals surface area contributed by atoms with E-state index in [2.05, 4.69) is 37.3 Å². The minimum atomic E-state index is 1.08. The van der Waals surface area contributed by atoms with Gasteiger partial charge in [-0.15, -0.1) is 11.3 Å². The lowest BCUT2D eigenvalue weighted by Crippen LogP contribution is -1.80. The van der Waals surface area contributed by atoms with Gasteiger partial charge in [0.15, 0.2) is 0 Å². The lowest BCUT2D eigenvalue weighted by atomic mass is 10.1. The number of benzene rings is 1. The highest BCUT2D eigenvalue weighted by atomic mass is 32.1. The molecule has 0 spiro atoms. The molecule has 0 amide bonds. The van der Waals surface area contributed by atoms with Crippen LogP contribution in [-0.2, 0) is 6.42 Å². The van der Waals surface area contributed by atoms with Gasteiger partial charge in [0.25, 0.3) is 0 Å². The van der Waals surface area contributed by atoms with Crippen LogP contribution in [-0.4, -0.2) is 0 Å². The van der Waals surface area contributed by atoms with Gasteiger partial charge in [-0.2, -0.15) is 0 Å². The van der Waals surface area contributed by atoms with Crippen molar-refractivity contribution < 1.29 is 0 Å². The van der Waals surface area contributed by atoms with Crippen LogP contribution in [0.2, 0.25) is 0 Å². The zero-order chi connectivity index (χ0) is 10.5. The van der Waals surface area contributed by atoms with Crippen molar-refractivity contribution >= 4 is 21.4 Å². The van der Waals surface area contributed by atoms with Crippen molar-refractivity contribution in [3.63, 3.8) is 0 Å². The number of rotatable bonds is 5. The zero-order valence-electron chi connectivity index (χ0n) is 9.04. The average Bonchev–Trinajstić information content (AvgIpc) is 2.67. The van der Waals surface area contributed by atoms with Gasteiger partial charge >= 0.3 is 0 Å². The molecule has 1 aromatic carbocycles. The first-order valence-corrected chi connectivity index (χ1v) is 6.48. The molecule has 0 fully saturated rings. The summed E-state index contributed by atoms with van der Waals surface area (Å²) in [6, 6.07) is 11.0. The van der Waals surface area contributed by atoms with Crippen LogP contribution in [0.5, 0.6) is 0 Å². The summed E-state index contributed by atoms with van der Waals surface area (Å²) >= 11 is 1.94. The highest BCUT2D eigenvalue weighted by Crippen LogP contribution is 2.26. The van der Waals surface area contributed by atoms with Crippen molar-refractivity contribution in [3.05, 3.63) is 42.1 Å². The maximum Gasteiger partial charge on any atom is 0.0345 e. The zero-order valence-corrected chi connectivity index (χ0v) is 9.85. The fourth-order valence-electron chi connectivity index (χ4n) is 1.81. The molecule has 0 aliphatic carbocycles. The van der Waals surface area contributed by atoms with Crippen molar-refractivity contribution in [1.29, 1.82) is 0 Å². The molecule has 0 saturated heterocycles. The normalized spacial score (nSPS) is 11.0. The van der Waals surface area contributed by atoms with Gasteiger partial charge in [0.05, 0.1) is 0 Å². The predicted molar refractivity (Wildman–Crippen MR) is 69.4 cm³/mol. The first-order valence-electron chi connectivity index (χ1n) is 5.67. The number of unbranched alkanes of at least 4 members (excludes halogenated alkanes) is 3. The van der Waals surface area contributed by atoms with Gasteiger partial charge in [-0.05, 0) is 30.4 Å². The quantitative estimate of drug-likeness (QED) is 0.629. The summed E-state index contributed by atoms with van der Waals surface area (Å²) in [5, 5.41) is 1.40. The Morgan fingerprint density at radius 2 is 1.93 bits per heavy atom. The van der Waals surface area contributed by atoms with Crippen molar-refractivity contribution in [2.75, 3.05) is 0 Å². The fraction of sp³-hybridized carbons (Fsp3) is 0.357. The van der Waals surface area contributed by atoms with Gasteiger partial charge in [-0.25, -0.2) is 0 Å². The van der Waals surface area contributed by atoms with Gasteiger partial charge in [-0.1, -0.05) is 44.4 Å². The molecule has 0 N–H and O–H groups in total. The maximum absolute atomic E-state index is 3.87. The van der Waals surface area contributed by atoms with Crippen LogP contribution >= 0.6 is 11.3 Å². The molecular formula is C14H17S. The largest absolute Gasteiger partial charge is 0.140 e. The minimum Gasteiger partial charge on any atom is -0.140 e. The first-order chi connectivity index (χ1) is 7.40. The molecule has 79 valence electrons. The van der Waals surface area contributed by atoms with Gasteiger partial charge in [0.1, 0.15) is 0 Å². The van der Waals surface area contributed by atoms with E-state index in [9.17, 15) is 0 Å². The third-order valence-corrected chi connectivity index (χ3v) is 3.83. The monoisotopic (exact) mass is 217 g/mol. The van der Waals surface area contributed by atoms with Crippen molar-refractivity contribution in [2.24, 2.45) is 0 Å². The molecule has 0 unspecified atom stereocenters. The smallest absolute Gasteiger partial charge is 0.0345 e. The average molecular weight is 217 g/mol. The van der Waals surface area contributed by atoms with E-state index in [4.69, 9.17) is 0 Å². The second-order valence-electron chi connectivity index (χ2n) is 3.91. The lowest BCUT2D eigenvalue weighted by molar-refractivity contribution is 0.690. The van der Waals surface area contributed by atoms with E-state index < -0.39 is 0 Å². The first kappa shape index (κ1) is 10.7. The number of fused-ring (bicyclic) bond motifs is 1. The fourth-order valence-corrected chi connectivity index (χ4v) is 2.92. The summed E-state index contributed by atoms with van der Waals surface area (Å²) in [7, 11) is 0. The predicted octanol–water partition coefficient (Wildman–Crippen LogP) is 4.84. The third kappa shape index (κ3) is 2.82. The summed E-state index contributed by atoms with van der Waals surface area (Å²) in [4.78, 5) is 1.53. The standard InChI is InChI=1S/C14H17S/c1-2-3-4-5-9-13-11-12-8-6-7-10-14(12)15-13/h6-8,10-11H,1-5,9H2. The summed E-state index contributed by atoms with van der Waals surface area (Å²) in [6.45, 7) is 3.87. The van der Waals surface area contributed by atoms with Gasteiger partial charge in [0.2, 0.25) is 0 Å². The number of thiophene rings is 1. The highest BCUT2D eigenvalue weighted by molar-refractivity contribution is 7.19. The van der Waals surface area contributed by atoms with Crippen molar-refractivity contribution in [3.8, 4) is 0 Å². The van der Waals surface area contributed by atoms with E-state index in [0.29, 0.717) is 0 Å². The Hall–Kier alpha value is -0.820. The molecule has 15 heavy (non-hydrogen) atoms. The summed E-state index contributed by atoms with van der Waals surface area (Å²) in [6.07, 6.45) is 6.21. The molecule has 0 bridgehead atoms. The molecular weight excluding hydrogens is 200 g/mol. The molecule has 1 heteroatoms. The third-order valence-electron chi connectivity index (χ3n) is 2.65. The number of hydrogen-bond donors (Lipinski definition) is 0. The van der Waals surface area contributed by atoms with E-state index in [0.717, 1.165) is 6.42 Å². The molecule has 1 aromatic heterocycles. The lowest BCUT2D eigenvalue weighted by Gasteiger charge is -1.95. The molecule has 0 nitrogen and oxygen atoms in total. The van der Waals surface area contributed by atoms with Crippen LogP contribution in [0.25, 0.3) is 10.1 Å². The van der Waals surface area contributed by atoms with Crippen LogP contribution < -0.4 is 0 Å². The second-order valence-corrected chi connectivity index (χ2v) is 5.08. The van der Waals surface area contributed by atoms with E-state index >= 15 is 0 Å². The van der Waals surface area contributed by atoms with Gasteiger partial charge in [0, 0.05) is 9.58 Å². The van der Waals surface area contributed by atoms with Crippen molar-refractivity contribution in [2.45, 2.75) is 32.1 Å². The minimum absolute atomic E-state index is 1.08. The molecule has 0 aliphatic rings. The molecule has 0 aliphatic heterocycles. The Balaban J connectivity index is 1.97. The maximum atomic E-state index is 3.87. The van der Waals surface area contributed by atoms with E-state index in [-0.39, 0.29) is 0 Å². The van der Waals surface area contributed by atoms with Gasteiger partial charge in [-0.3, -0.25) is 0 Å². The topological polar surface area (TPSA) is 0 Å². The molecule has 0 saturated carbocycles. The summed E-state index contributed by atoms with van der Waals surface area (Å²) in [5.74, 6) is 0. The van der Waals surface area contributed by atoms with Crippen molar-refractivity contribution in [1.82, 2.24) is 0 Å². The van der Waals surface area contributed by atoms with Crippen LogP contribution in [0.3, 0.4) is 0 Å². The van der Waals surface area contributed by atoms with Gasteiger partial charge < -0.3 is 0 Å². The number of hydrogen-bond acceptors (Lipinski definition) is 1. The molecule has 0 atom stereocenters. The SMILES string of the molecule is [CH2]CCCCCc1cc2ccccc2s1. The van der Waals surface area contributed by atoms with Crippen LogP contribution in [0.1, 0.15) is 30.6 Å². The number of aryl methyl sites for hydroxylation is 1. The van der Waals surface area contributed by atoms with E-state index in [1.54, 1.807) is 0 Å². The summed E-state index contributed by atoms with van der Waals surface area (Å²) < 4.78 is 1.42. The Labute approximate surface area is 95.9 Å². The molecule has 2 aromatic rings. The van der Waals surface area contributed by atoms with E-state index in [1.807, 2.05) is 11.3 Å². The van der Waals surface area contributed by atoms with Crippen LogP contribution in [0.15, 0.2) is 30.3 Å². The summed E-state index contributed by atoms with van der Waals surface area (Å²) in [5.41, 5.74) is 0. The van der Waals surface area contributed by atoms with Crippen LogP contribution in [0.4, 0.5) is 0 Å².